The summed E-state index contributed by atoms with van der Waals surface area (Å²) in [7, 11) is 1.89. The lowest BCUT2D eigenvalue weighted by atomic mass is 10.1. The Morgan fingerprint density at radius 3 is 2.92 bits per heavy atom. The Morgan fingerprint density at radius 1 is 1.16 bits per heavy atom. The molecule has 0 saturated heterocycles. The van der Waals surface area contributed by atoms with Crippen LogP contribution in [0.15, 0.2) is 61.1 Å². The Hall–Kier alpha value is -4.47. The third-order valence-electron chi connectivity index (χ3n) is 6.44. The van der Waals surface area contributed by atoms with E-state index in [1.165, 1.54) is 6.33 Å². The maximum absolute atomic E-state index is 13.1. The number of aromatic nitrogens is 5. The molecule has 2 aromatic heterocycles. The molecule has 2 N–H and O–H groups in total. The molecule has 0 saturated carbocycles. The molecule has 2 aromatic carbocycles. The van der Waals surface area contributed by atoms with Gasteiger partial charge in [-0.05, 0) is 48.9 Å². The number of ether oxygens (including phenoxy) is 2. The fourth-order valence-corrected chi connectivity index (χ4v) is 4.30. The number of benzene rings is 2. The van der Waals surface area contributed by atoms with Gasteiger partial charge >= 0.3 is 0 Å². The number of anilines is 1. The Kier molecular flexibility index (Phi) is 7.77. The van der Waals surface area contributed by atoms with E-state index in [4.69, 9.17) is 9.47 Å². The third kappa shape index (κ3) is 5.74. The lowest BCUT2D eigenvalue weighted by molar-refractivity contribution is 0.0930. The van der Waals surface area contributed by atoms with Crippen LogP contribution in [-0.2, 0) is 13.6 Å². The van der Waals surface area contributed by atoms with Gasteiger partial charge in [-0.2, -0.15) is 0 Å². The second-order valence-electron chi connectivity index (χ2n) is 9.12. The molecular weight excluding hydrogens is 482 g/mol. The topological polar surface area (TPSA) is 116 Å². The molecule has 0 bridgehead atoms. The average Bonchev–Trinajstić information content (AvgIpc) is 3.53. The predicted molar refractivity (Wildman–Crippen MR) is 143 cm³/mol. The smallest absolute Gasteiger partial charge is 0.251 e. The zero-order chi connectivity index (χ0) is 26.3. The van der Waals surface area contributed by atoms with Crippen molar-refractivity contribution in [3.63, 3.8) is 0 Å². The van der Waals surface area contributed by atoms with E-state index in [2.05, 4.69) is 37.7 Å². The number of nitrogens with one attached hydrogen (secondary N) is 2. The van der Waals surface area contributed by atoms with Crippen LogP contribution in [0.25, 0.3) is 11.5 Å². The molecule has 196 valence electrons. The first-order valence-electron chi connectivity index (χ1n) is 12.8. The number of nitrogens with zero attached hydrogens (tertiary/aromatic N) is 5. The van der Waals surface area contributed by atoms with Crippen molar-refractivity contribution in [2.45, 2.75) is 38.8 Å². The van der Waals surface area contributed by atoms with Gasteiger partial charge in [0.05, 0.1) is 19.2 Å². The number of hydrogen-bond acceptors (Lipinski definition) is 8. The number of fused-ring (bicyclic) bond motifs is 1. The third-order valence-corrected chi connectivity index (χ3v) is 6.44. The van der Waals surface area contributed by atoms with Crippen LogP contribution in [-0.4, -0.2) is 43.9 Å². The van der Waals surface area contributed by atoms with Gasteiger partial charge in [-0.3, -0.25) is 4.79 Å². The van der Waals surface area contributed by atoms with Crippen LogP contribution in [0.1, 0.15) is 54.0 Å². The van der Waals surface area contributed by atoms with Gasteiger partial charge in [0, 0.05) is 30.1 Å². The largest absolute Gasteiger partial charge is 0.494 e. The first-order chi connectivity index (χ1) is 18.6. The zero-order valence-corrected chi connectivity index (χ0v) is 21.6. The molecule has 1 aliphatic rings. The Morgan fingerprint density at radius 2 is 2.08 bits per heavy atom. The molecule has 0 fully saturated rings. The van der Waals surface area contributed by atoms with Gasteiger partial charge in [0.1, 0.15) is 30.1 Å². The second kappa shape index (κ2) is 11.7. The monoisotopic (exact) mass is 513 g/mol. The highest BCUT2D eigenvalue weighted by atomic mass is 16.5. The zero-order valence-electron chi connectivity index (χ0n) is 21.6. The minimum absolute atomic E-state index is 0.172. The second-order valence-corrected chi connectivity index (χ2v) is 9.12. The summed E-state index contributed by atoms with van der Waals surface area (Å²) in [5.41, 5.74) is 2.99. The van der Waals surface area contributed by atoms with Crippen LogP contribution in [0.2, 0.25) is 0 Å². The van der Waals surface area contributed by atoms with Crippen molar-refractivity contribution in [1.82, 2.24) is 30.0 Å². The molecule has 4 aromatic rings. The van der Waals surface area contributed by atoms with E-state index in [0.29, 0.717) is 36.8 Å². The molecule has 0 aliphatic carbocycles. The van der Waals surface area contributed by atoms with Gasteiger partial charge in [-0.25, -0.2) is 9.97 Å². The molecule has 10 nitrogen and oxygen atoms in total. The quantitative estimate of drug-likeness (QED) is 0.285. The van der Waals surface area contributed by atoms with Crippen LogP contribution in [0, 0.1) is 0 Å². The lowest BCUT2D eigenvalue weighted by Gasteiger charge is -2.14. The number of rotatable bonds is 11. The average molecular weight is 514 g/mol. The van der Waals surface area contributed by atoms with Crippen LogP contribution in [0.5, 0.6) is 11.5 Å². The first kappa shape index (κ1) is 25.2. The highest BCUT2D eigenvalue weighted by Gasteiger charge is 2.26. The SMILES string of the molecule is CCCCCOc1ccc2c(c1)[C@H](NC(=O)c1cccc(NCc3nnc(-c4ccncn4)n3C)c1)CO2. The Bertz CT molecular complexity index is 1390. The van der Waals surface area contributed by atoms with Crippen molar-refractivity contribution in [3.8, 4) is 23.0 Å². The maximum Gasteiger partial charge on any atom is 0.251 e. The first-order valence-corrected chi connectivity index (χ1v) is 12.8. The van der Waals surface area contributed by atoms with E-state index in [1.54, 1.807) is 18.3 Å². The van der Waals surface area contributed by atoms with Crippen molar-refractivity contribution in [1.29, 1.82) is 0 Å². The summed E-state index contributed by atoms with van der Waals surface area (Å²) in [6.07, 6.45) is 6.47. The number of carbonyl (C=O) groups is 1. The molecule has 5 rings (SSSR count). The van der Waals surface area contributed by atoms with Gasteiger partial charge in [0.2, 0.25) is 0 Å². The maximum atomic E-state index is 13.1. The molecule has 1 amide bonds. The van der Waals surface area contributed by atoms with Crippen LogP contribution < -0.4 is 20.1 Å². The molecule has 0 unspecified atom stereocenters. The summed E-state index contributed by atoms with van der Waals surface area (Å²) < 4.78 is 13.6. The van der Waals surface area contributed by atoms with Crippen molar-refractivity contribution >= 4 is 11.6 Å². The van der Waals surface area contributed by atoms with Crippen LogP contribution in [0.3, 0.4) is 0 Å². The summed E-state index contributed by atoms with van der Waals surface area (Å²) >= 11 is 0. The summed E-state index contributed by atoms with van der Waals surface area (Å²) in [6, 6.07) is 14.7. The Balaban J connectivity index is 1.21. The van der Waals surface area contributed by atoms with Gasteiger partial charge in [-0.15, -0.1) is 10.2 Å². The summed E-state index contributed by atoms with van der Waals surface area (Å²) in [4.78, 5) is 21.3. The van der Waals surface area contributed by atoms with Crippen molar-refractivity contribution in [2.24, 2.45) is 7.05 Å². The molecule has 1 aliphatic heterocycles. The van der Waals surface area contributed by atoms with Gasteiger partial charge in [0.15, 0.2) is 11.6 Å². The van der Waals surface area contributed by atoms with E-state index in [9.17, 15) is 4.79 Å². The molecule has 0 spiro atoms. The van der Waals surface area contributed by atoms with Gasteiger partial charge in [0.25, 0.3) is 5.91 Å². The predicted octanol–water partition coefficient (Wildman–Crippen LogP) is 4.32. The van der Waals surface area contributed by atoms with Gasteiger partial charge in [-0.1, -0.05) is 25.8 Å². The van der Waals surface area contributed by atoms with Crippen molar-refractivity contribution in [2.75, 3.05) is 18.5 Å². The molecule has 3 heterocycles. The summed E-state index contributed by atoms with van der Waals surface area (Å²) in [5, 5.41) is 15.0. The van der Waals surface area contributed by atoms with E-state index in [0.717, 1.165) is 47.8 Å². The highest BCUT2D eigenvalue weighted by molar-refractivity contribution is 5.95. The van der Waals surface area contributed by atoms with Crippen LogP contribution >= 0.6 is 0 Å². The van der Waals surface area contributed by atoms with Crippen molar-refractivity contribution in [3.05, 3.63) is 78.0 Å². The summed E-state index contributed by atoms with van der Waals surface area (Å²) in [6.45, 7) is 3.67. The summed E-state index contributed by atoms with van der Waals surface area (Å²) in [5.74, 6) is 2.79. The fraction of sp³-hybridized carbons (Fsp3) is 0.321. The van der Waals surface area contributed by atoms with Crippen LogP contribution in [0.4, 0.5) is 5.69 Å². The number of hydrogen-bond donors (Lipinski definition) is 2. The fourth-order valence-electron chi connectivity index (χ4n) is 4.30. The van der Waals surface area contributed by atoms with E-state index in [1.807, 2.05) is 48.0 Å². The molecule has 38 heavy (non-hydrogen) atoms. The van der Waals surface area contributed by atoms with Gasteiger partial charge < -0.3 is 24.7 Å². The van der Waals surface area contributed by atoms with E-state index in [-0.39, 0.29) is 11.9 Å². The Labute approximate surface area is 221 Å². The molecular formula is C28H31N7O3. The molecule has 1 atom stereocenters. The lowest BCUT2D eigenvalue weighted by Crippen LogP contribution is -2.29. The van der Waals surface area contributed by atoms with Crippen molar-refractivity contribution < 1.29 is 14.3 Å². The number of unbranched alkanes of at least 4 members (excludes halogenated alkanes) is 2. The minimum atomic E-state index is -0.243. The standard InChI is InChI=1S/C28H31N7O3/c1-3-4-5-13-37-21-9-10-25-22(15-21)24(17-38-25)32-28(36)19-7-6-8-20(14-19)30-16-26-33-34-27(35(26)2)23-11-12-29-18-31-23/h6-12,14-15,18,24,30H,3-5,13,16-17H2,1-2H3,(H,32,36)/t24-/m1/s1. The normalized spacial score (nSPS) is 14.0. The molecule has 10 heteroatoms. The number of carbonyl (C=O) groups excluding carboxylic acids is 1. The van der Waals surface area contributed by atoms with E-state index < -0.39 is 0 Å². The minimum Gasteiger partial charge on any atom is -0.494 e. The molecule has 0 radical (unpaired) electrons. The van der Waals surface area contributed by atoms with E-state index >= 15 is 0 Å². The highest BCUT2D eigenvalue weighted by Crippen LogP contribution is 2.35. The number of amides is 1.